The van der Waals surface area contributed by atoms with Crippen LogP contribution < -0.4 is 20.9 Å². The van der Waals surface area contributed by atoms with Crippen molar-refractivity contribution in [3.8, 4) is 5.75 Å². The molecule has 3 N–H and O–H groups in total. The monoisotopic (exact) mass is 440 g/mol. The third-order valence-electron chi connectivity index (χ3n) is 4.56. The molecule has 7 nitrogen and oxygen atoms in total. The van der Waals surface area contributed by atoms with Gasteiger partial charge in [-0.15, -0.1) is 0 Å². The molecular formula is C19H29BrN4O3. The van der Waals surface area contributed by atoms with Gasteiger partial charge < -0.3 is 15.0 Å². The Labute approximate surface area is 169 Å². The van der Waals surface area contributed by atoms with Crippen molar-refractivity contribution < 1.29 is 14.3 Å². The van der Waals surface area contributed by atoms with Crippen molar-refractivity contribution in [2.24, 2.45) is 5.92 Å². The number of nitrogens with one attached hydrogen (secondary N) is 3. The zero-order chi connectivity index (χ0) is 19.5. The average Bonchev–Trinajstić information content (AvgIpc) is 2.67. The van der Waals surface area contributed by atoms with Crippen LogP contribution in [0.4, 0.5) is 4.79 Å². The first kappa shape index (κ1) is 21.5. The van der Waals surface area contributed by atoms with E-state index in [1.807, 2.05) is 12.1 Å². The van der Waals surface area contributed by atoms with Crippen LogP contribution in [0.2, 0.25) is 0 Å². The van der Waals surface area contributed by atoms with Crippen molar-refractivity contribution in [1.29, 1.82) is 0 Å². The molecule has 27 heavy (non-hydrogen) atoms. The van der Waals surface area contributed by atoms with Crippen LogP contribution in [0.15, 0.2) is 28.7 Å². The maximum Gasteiger partial charge on any atom is 0.333 e. The molecule has 0 saturated carbocycles. The second-order valence-corrected chi connectivity index (χ2v) is 7.82. The zero-order valence-electron chi connectivity index (χ0n) is 15.8. The SMILES string of the molecule is CC1CCN(CCCCNC(=O)NNC(=O)COc2ccc(Br)cc2)CC1. The smallest absolute Gasteiger partial charge is 0.333 e. The van der Waals surface area contributed by atoms with E-state index in [0.29, 0.717) is 12.3 Å². The van der Waals surface area contributed by atoms with E-state index in [-0.39, 0.29) is 6.61 Å². The van der Waals surface area contributed by atoms with Gasteiger partial charge in [-0.1, -0.05) is 22.9 Å². The summed E-state index contributed by atoms with van der Waals surface area (Å²) in [5.74, 6) is 1.01. The molecule has 1 aliphatic rings. The largest absolute Gasteiger partial charge is 0.484 e. The van der Waals surface area contributed by atoms with E-state index in [0.717, 1.165) is 29.8 Å². The van der Waals surface area contributed by atoms with Gasteiger partial charge in [-0.05, 0) is 75.5 Å². The molecule has 3 amide bonds. The lowest BCUT2D eigenvalue weighted by molar-refractivity contribution is -0.123. The summed E-state index contributed by atoms with van der Waals surface area (Å²) in [6.45, 7) is 6.18. The molecule has 0 unspecified atom stereocenters. The quantitative estimate of drug-likeness (QED) is 0.428. The molecule has 2 rings (SSSR count). The molecule has 0 aromatic heterocycles. The van der Waals surface area contributed by atoms with E-state index >= 15 is 0 Å². The third kappa shape index (κ3) is 9.10. The first-order valence-corrected chi connectivity index (χ1v) is 10.3. The van der Waals surface area contributed by atoms with Gasteiger partial charge >= 0.3 is 6.03 Å². The molecule has 0 aliphatic carbocycles. The first-order chi connectivity index (χ1) is 13.0. The van der Waals surface area contributed by atoms with Crippen LogP contribution in [-0.2, 0) is 4.79 Å². The minimum Gasteiger partial charge on any atom is -0.484 e. The summed E-state index contributed by atoms with van der Waals surface area (Å²) >= 11 is 3.33. The maximum atomic E-state index is 11.7. The molecule has 0 spiro atoms. The lowest BCUT2D eigenvalue weighted by Gasteiger charge is -2.30. The van der Waals surface area contributed by atoms with Crippen LogP contribution in [0.25, 0.3) is 0 Å². The first-order valence-electron chi connectivity index (χ1n) is 9.46. The molecule has 1 fully saturated rings. The second-order valence-electron chi connectivity index (χ2n) is 6.90. The molecule has 1 heterocycles. The number of hydrogen-bond donors (Lipinski definition) is 3. The fraction of sp³-hybridized carbons (Fsp3) is 0.579. The van der Waals surface area contributed by atoms with Gasteiger partial charge in [-0.2, -0.15) is 0 Å². The summed E-state index contributed by atoms with van der Waals surface area (Å²) in [6.07, 6.45) is 4.54. The average molecular weight is 441 g/mol. The number of amides is 3. The van der Waals surface area contributed by atoms with Gasteiger partial charge in [-0.3, -0.25) is 10.2 Å². The van der Waals surface area contributed by atoms with Crippen LogP contribution in [-0.4, -0.2) is 49.6 Å². The number of carbonyl (C=O) groups is 2. The number of nitrogens with zero attached hydrogens (tertiary/aromatic N) is 1. The third-order valence-corrected chi connectivity index (χ3v) is 5.09. The van der Waals surface area contributed by atoms with Crippen molar-refractivity contribution in [3.63, 3.8) is 0 Å². The maximum absolute atomic E-state index is 11.7. The number of carbonyl (C=O) groups excluding carboxylic acids is 2. The van der Waals surface area contributed by atoms with E-state index < -0.39 is 11.9 Å². The van der Waals surface area contributed by atoms with Crippen LogP contribution in [0, 0.1) is 5.92 Å². The highest BCUT2D eigenvalue weighted by Gasteiger charge is 2.14. The number of likely N-dealkylation sites (tertiary alicyclic amines) is 1. The summed E-state index contributed by atoms with van der Waals surface area (Å²) in [5.41, 5.74) is 4.64. The molecule has 1 aliphatic heterocycles. The topological polar surface area (TPSA) is 82.7 Å². The standard InChI is InChI=1S/C19H29BrN4O3/c1-15-8-12-24(13-9-15)11-3-2-10-21-19(26)23-22-18(25)14-27-17-6-4-16(20)5-7-17/h4-7,15H,2-3,8-14H2,1H3,(H,22,25)(H2,21,23,26). The summed E-state index contributed by atoms with van der Waals surface area (Å²) in [5, 5.41) is 2.73. The summed E-state index contributed by atoms with van der Waals surface area (Å²) < 4.78 is 6.26. The highest BCUT2D eigenvalue weighted by molar-refractivity contribution is 9.10. The van der Waals surface area contributed by atoms with Crippen LogP contribution >= 0.6 is 15.9 Å². The highest BCUT2D eigenvalue weighted by Crippen LogP contribution is 2.16. The molecule has 0 atom stereocenters. The van der Waals surface area contributed by atoms with Crippen molar-refractivity contribution in [3.05, 3.63) is 28.7 Å². The summed E-state index contributed by atoms with van der Waals surface area (Å²) in [6, 6.07) is 6.73. The van der Waals surface area contributed by atoms with Crippen molar-refractivity contribution >= 4 is 27.9 Å². The van der Waals surface area contributed by atoms with Gasteiger partial charge in [0, 0.05) is 11.0 Å². The number of urea groups is 1. The normalized spacial score (nSPS) is 15.2. The Bertz CT molecular complexity index is 589. The Morgan fingerprint density at radius 3 is 2.56 bits per heavy atom. The van der Waals surface area contributed by atoms with Gasteiger partial charge in [0.05, 0.1) is 0 Å². The number of unbranched alkanes of at least 4 members (excludes halogenated alkanes) is 1. The predicted molar refractivity (Wildman–Crippen MR) is 108 cm³/mol. The van der Waals surface area contributed by atoms with Gasteiger partial charge in [-0.25, -0.2) is 10.2 Å². The fourth-order valence-corrected chi connectivity index (χ4v) is 3.10. The molecule has 1 aromatic rings. The molecule has 150 valence electrons. The van der Waals surface area contributed by atoms with Crippen molar-refractivity contribution in [1.82, 2.24) is 21.1 Å². The minimum absolute atomic E-state index is 0.170. The summed E-state index contributed by atoms with van der Waals surface area (Å²) in [7, 11) is 0. The van der Waals surface area contributed by atoms with Gasteiger partial charge in [0.15, 0.2) is 6.61 Å². The number of benzene rings is 1. The van der Waals surface area contributed by atoms with E-state index in [2.05, 4.69) is 43.9 Å². The molecule has 0 bridgehead atoms. The molecule has 8 heteroatoms. The Morgan fingerprint density at radius 1 is 1.15 bits per heavy atom. The van der Waals surface area contributed by atoms with E-state index in [4.69, 9.17) is 4.74 Å². The van der Waals surface area contributed by atoms with Crippen LogP contribution in [0.1, 0.15) is 32.6 Å². The van der Waals surface area contributed by atoms with Gasteiger partial charge in [0.2, 0.25) is 0 Å². The number of rotatable bonds is 8. The van der Waals surface area contributed by atoms with Gasteiger partial charge in [0.1, 0.15) is 5.75 Å². The number of ether oxygens (including phenoxy) is 1. The number of piperidine rings is 1. The van der Waals surface area contributed by atoms with Crippen molar-refractivity contribution in [2.45, 2.75) is 32.6 Å². The number of hydrazine groups is 1. The lowest BCUT2D eigenvalue weighted by atomic mass is 9.99. The number of hydrogen-bond acceptors (Lipinski definition) is 4. The second kappa shape index (κ2) is 11.8. The zero-order valence-corrected chi connectivity index (χ0v) is 17.4. The predicted octanol–water partition coefficient (Wildman–Crippen LogP) is 2.67. The lowest BCUT2D eigenvalue weighted by Crippen LogP contribution is -2.48. The van der Waals surface area contributed by atoms with Crippen LogP contribution in [0.5, 0.6) is 5.75 Å². The highest BCUT2D eigenvalue weighted by atomic mass is 79.9. The number of halogens is 1. The summed E-state index contributed by atoms with van der Waals surface area (Å²) in [4.78, 5) is 25.8. The molecule has 0 radical (unpaired) electrons. The molecule has 1 aromatic carbocycles. The Kier molecular flexibility index (Phi) is 9.41. The van der Waals surface area contributed by atoms with E-state index in [9.17, 15) is 9.59 Å². The Morgan fingerprint density at radius 2 is 1.85 bits per heavy atom. The fourth-order valence-electron chi connectivity index (χ4n) is 2.83. The van der Waals surface area contributed by atoms with Crippen LogP contribution in [0.3, 0.4) is 0 Å². The Hall–Kier alpha value is -1.80. The van der Waals surface area contributed by atoms with E-state index in [1.165, 1.54) is 25.9 Å². The van der Waals surface area contributed by atoms with Crippen molar-refractivity contribution in [2.75, 3.05) is 32.8 Å². The van der Waals surface area contributed by atoms with E-state index in [1.54, 1.807) is 12.1 Å². The van der Waals surface area contributed by atoms with Gasteiger partial charge in [0.25, 0.3) is 5.91 Å². The molecular weight excluding hydrogens is 412 g/mol. The molecule has 1 saturated heterocycles. The minimum atomic E-state index is -0.424. The Balaban J connectivity index is 1.46.